The van der Waals surface area contributed by atoms with Gasteiger partial charge in [-0.15, -0.1) is 0 Å². The number of para-hydroxylation sites is 3. The molecule has 0 bridgehead atoms. The van der Waals surface area contributed by atoms with E-state index >= 15 is 0 Å². The van der Waals surface area contributed by atoms with Crippen molar-refractivity contribution in [3.05, 3.63) is 170 Å². The van der Waals surface area contributed by atoms with E-state index in [9.17, 15) is 0 Å². The van der Waals surface area contributed by atoms with Gasteiger partial charge in [-0.2, -0.15) is 0 Å². The van der Waals surface area contributed by atoms with Gasteiger partial charge in [0.1, 0.15) is 11.2 Å². The molecule has 9 aromatic carbocycles. The molecule has 3 heterocycles. The molecule has 0 unspecified atom stereocenters. The molecule has 0 aliphatic carbocycles. The van der Waals surface area contributed by atoms with Gasteiger partial charge < -0.3 is 13.7 Å². The molecule has 3 nitrogen and oxygen atoms in total. The van der Waals surface area contributed by atoms with Crippen LogP contribution in [0.4, 0.5) is 17.1 Å². The van der Waals surface area contributed by atoms with Crippen LogP contribution in [0.15, 0.2) is 174 Å². The maximum absolute atomic E-state index is 6.48. The van der Waals surface area contributed by atoms with Crippen LogP contribution in [0, 0.1) is 0 Å². The molecule has 12 aromatic rings. The lowest BCUT2D eigenvalue weighted by Crippen LogP contribution is -2.10. The van der Waals surface area contributed by atoms with E-state index in [1.165, 1.54) is 70.4 Å². The summed E-state index contributed by atoms with van der Waals surface area (Å²) in [5, 5.41) is 14.8. The summed E-state index contributed by atoms with van der Waals surface area (Å²) in [5.74, 6) is 0. The summed E-state index contributed by atoms with van der Waals surface area (Å²) < 4.78 is 8.92. The van der Waals surface area contributed by atoms with Crippen molar-refractivity contribution in [2.24, 2.45) is 0 Å². The molecule has 0 spiro atoms. The number of hydrogen-bond donors (Lipinski definition) is 0. The van der Waals surface area contributed by atoms with Crippen LogP contribution in [-0.2, 0) is 0 Å². The van der Waals surface area contributed by atoms with E-state index < -0.39 is 0 Å². The first kappa shape index (κ1) is 27.0. The summed E-state index contributed by atoms with van der Waals surface area (Å²) in [5.41, 5.74) is 8.77. The zero-order valence-electron chi connectivity index (χ0n) is 27.5. The summed E-state index contributed by atoms with van der Waals surface area (Å²) in [6, 6.07) is 61.9. The zero-order chi connectivity index (χ0) is 33.2. The molecule has 236 valence electrons. The standard InChI is InChI=1S/C48H28N2O/c1-2-13-34-32(11-1)33-12-3-4-14-35(33)41-25-29(21-23-36(34)41)49(30-22-24-40-39-17-7-10-20-46(39)51-47(40)28-30)31-26-42-37-15-5-8-18-44(37)50-45-19-9-6-16-38(45)43(27-31)48(42)50/h1-28H. The number of nitrogens with zero attached hydrogens (tertiary/aromatic N) is 2. The normalized spacial score (nSPS) is 12.3. The Kier molecular flexibility index (Phi) is 5.23. The second-order valence-electron chi connectivity index (χ2n) is 13.7. The maximum Gasteiger partial charge on any atom is 0.137 e. The molecule has 12 rings (SSSR count). The van der Waals surface area contributed by atoms with Gasteiger partial charge in [0.25, 0.3) is 0 Å². The molecular formula is C48H28N2O. The molecule has 51 heavy (non-hydrogen) atoms. The van der Waals surface area contributed by atoms with Crippen molar-refractivity contribution < 1.29 is 4.42 Å². The Morgan fingerprint density at radius 1 is 0.314 bits per heavy atom. The largest absolute Gasteiger partial charge is 0.456 e. The van der Waals surface area contributed by atoms with Crippen molar-refractivity contribution in [1.82, 2.24) is 4.40 Å². The zero-order valence-corrected chi connectivity index (χ0v) is 27.5. The van der Waals surface area contributed by atoms with Crippen LogP contribution in [0.25, 0.3) is 92.4 Å². The third-order valence-corrected chi connectivity index (χ3v) is 11.1. The Labute approximate surface area is 292 Å². The smallest absolute Gasteiger partial charge is 0.137 e. The quantitative estimate of drug-likeness (QED) is 0.178. The van der Waals surface area contributed by atoms with Gasteiger partial charge in [-0.25, -0.2) is 0 Å². The van der Waals surface area contributed by atoms with Crippen molar-refractivity contribution >= 4 is 109 Å². The second kappa shape index (κ2) is 9.87. The second-order valence-corrected chi connectivity index (χ2v) is 13.7. The van der Waals surface area contributed by atoms with Gasteiger partial charge >= 0.3 is 0 Å². The minimum Gasteiger partial charge on any atom is -0.456 e. The van der Waals surface area contributed by atoms with Crippen LogP contribution in [0.5, 0.6) is 0 Å². The fraction of sp³-hybridized carbons (Fsp3) is 0. The predicted molar refractivity (Wildman–Crippen MR) is 216 cm³/mol. The van der Waals surface area contributed by atoms with Gasteiger partial charge in [0, 0.05) is 55.4 Å². The molecule has 0 aliphatic heterocycles. The topological polar surface area (TPSA) is 20.8 Å². The maximum atomic E-state index is 6.48. The third-order valence-electron chi connectivity index (χ3n) is 11.1. The minimum absolute atomic E-state index is 0.878. The molecule has 0 radical (unpaired) electrons. The van der Waals surface area contributed by atoms with Crippen molar-refractivity contribution in [2.75, 3.05) is 4.90 Å². The fourth-order valence-electron chi connectivity index (χ4n) is 8.90. The molecule has 0 aliphatic rings. The molecule has 3 aromatic heterocycles. The summed E-state index contributed by atoms with van der Waals surface area (Å²) in [4.78, 5) is 2.42. The first-order valence-corrected chi connectivity index (χ1v) is 17.5. The predicted octanol–water partition coefficient (Wildman–Crippen LogP) is 13.7. The highest BCUT2D eigenvalue weighted by molar-refractivity contribution is 6.27. The lowest BCUT2D eigenvalue weighted by Gasteiger charge is -2.26. The summed E-state index contributed by atoms with van der Waals surface area (Å²) in [6.45, 7) is 0. The molecule has 0 amide bonds. The molecule has 0 atom stereocenters. The number of anilines is 3. The van der Waals surface area contributed by atoms with Gasteiger partial charge in [0.05, 0.1) is 16.6 Å². The number of benzene rings is 9. The van der Waals surface area contributed by atoms with E-state index in [-0.39, 0.29) is 0 Å². The summed E-state index contributed by atoms with van der Waals surface area (Å²) >= 11 is 0. The Bertz CT molecular complexity index is 3270. The van der Waals surface area contributed by atoms with Crippen molar-refractivity contribution in [1.29, 1.82) is 0 Å². The highest BCUT2D eigenvalue weighted by Crippen LogP contribution is 2.46. The SMILES string of the molecule is c1ccc2c(c1)oc1cc(N(c3ccc4c5ccccc5c5ccccc5c4c3)c3cc4c5ccccc5n5c6ccccc6c(c3)c45)ccc12. The van der Waals surface area contributed by atoms with Gasteiger partial charge in [0.15, 0.2) is 0 Å². The van der Waals surface area contributed by atoms with E-state index in [4.69, 9.17) is 4.42 Å². The van der Waals surface area contributed by atoms with Crippen LogP contribution in [0.1, 0.15) is 0 Å². The number of hydrogen-bond acceptors (Lipinski definition) is 2. The highest BCUT2D eigenvalue weighted by atomic mass is 16.3. The van der Waals surface area contributed by atoms with Crippen LogP contribution in [-0.4, -0.2) is 4.40 Å². The molecule has 3 heteroatoms. The van der Waals surface area contributed by atoms with E-state index in [2.05, 4.69) is 173 Å². The highest BCUT2D eigenvalue weighted by Gasteiger charge is 2.23. The molecule has 0 saturated heterocycles. The van der Waals surface area contributed by atoms with Gasteiger partial charge in [0.2, 0.25) is 0 Å². The minimum atomic E-state index is 0.878. The Balaban J connectivity index is 1.20. The molecule has 0 saturated carbocycles. The summed E-state index contributed by atoms with van der Waals surface area (Å²) in [7, 11) is 0. The average molecular weight is 649 g/mol. The first-order chi connectivity index (χ1) is 25.3. The van der Waals surface area contributed by atoms with Crippen LogP contribution in [0.3, 0.4) is 0 Å². The van der Waals surface area contributed by atoms with Crippen molar-refractivity contribution in [3.63, 3.8) is 0 Å². The average Bonchev–Trinajstić information content (AvgIpc) is 3.85. The van der Waals surface area contributed by atoms with Crippen LogP contribution < -0.4 is 4.90 Å². The van der Waals surface area contributed by atoms with E-state index in [0.29, 0.717) is 0 Å². The number of aromatic nitrogens is 1. The Morgan fingerprint density at radius 2 is 0.745 bits per heavy atom. The van der Waals surface area contributed by atoms with Crippen molar-refractivity contribution in [2.45, 2.75) is 0 Å². The third kappa shape index (κ3) is 3.62. The van der Waals surface area contributed by atoms with E-state index in [0.717, 1.165) is 39.0 Å². The molecule has 0 fully saturated rings. The van der Waals surface area contributed by atoms with Gasteiger partial charge in [-0.3, -0.25) is 0 Å². The van der Waals surface area contributed by atoms with Gasteiger partial charge in [-0.1, -0.05) is 109 Å². The van der Waals surface area contributed by atoms with E-state index in [1.807, 2.05) is 6.07 Å². The number of rotatable bonds is 3. The lowest BCUT2D eigenvalue weighted by atomic mass is 9.94. The Morgan fingerprint density at radius 3 is 1.37 bits per heavy atom. The van der Waals surface area contributed by atoms with Crippen molar-refractivity contribution in [3.8, 4) is 0 Å². The number of fused-ring (bicyclic) bond motifs is 15. The summed E-state index contributed by atoms with van der Waals surface area (Å²) in [6.07, 6.45) is 0. The fourth-order valence-corrected chi connectivity index (χ4v) is 8.90. The molecular weight excluding hydrogens is 621 g/mol. The number of furan rings is 1. The Hall–Kier alpha value is -6.84. The van der Waals surface area contributed by atoms with Gasteiger partial charge in [-0.05, 0) is 86.9 Å². The lowest BCUT2D eigenvalue weighted by molar-refractivity contribution is 0.669. The van der Waals surface area contributed by atoms with Crippen LogP contribution >= 0.6 is 0 Å². The van der Waals surface area contributed by atoms with E-state index in [1.54, 1.807) is 0 Å². The molecule has 0 N–H and O–H groups in total. The monoisotopic (exact) mass is 648 g/mol. The first-order valence-electron chi connectivity index (χ1n) is 17.5. The van der Waals surface area contributed by atoms with Crippen LogP contribution in [0.2, 0.25) is 0 Å².